The minimum atomic E-state index is -0.958. The molecule has 2 aromatic heterocycles. The number of methoxy groups -OCH3 is 1. The molecule has 5 nitrogen and oxygen atoms in total. The van der Waals surface area contributed by atoms with Crippen LogP contribution in [0, 0.1) is 0 Å². The van der Waals surface area contributed by atoms with Crippen molar-refractivity contribution in [3.05, 3.63) is 33.0 Å². The molecule has 0 unspecified atom stereocenters. The Bertz CT molecular complexity index is 551. The lowest BCUT2D eigenvalue weighted by molar-refractivity contribution is 0.0697. The number of aromatic carboxylic acids is 1. The monoisotopic (exact) mass is 298 g/mol. The summed E-state index contributed by atoms with van der Waals surface area (Å²) in [6, 6.07) is 4.04. The minimum Gasteiger partial charge on any atom is -0.477 e. The van der Waals surface area contributed by atoms with Crippen molar-refractivity contribution in [2.24, 2.45) is 0 Å². The fraction of sp³-hybridized carbons (Fsp3) is 0.333. The zero-order valence-electron chi connectivity index (χ0n) is 10.6. The summed E-state index contributed by atoms with van der Waals surface area (Å²) < 4.78 is 4.98. The first-order valence-electron chi connectivity index (χ1n) is 5.57. The van der Waals surface area contributed by atoms with E-state index >= 15 is 0 Å². The molecule has 0 aliphatic rings. The number of thiophene rings is 1. The van der Waals surface area contributed by atoms with E-state index in [2.05, 4.69) is 4.98 Å². The normalized spacial score (nSPS) is 10.6. The van der Waals surface area contributed by atoms with E-state index in [1.807, 2.05) is 29.5 Å². The quantitative estimate of drug-likeness (QED) is 0.888. The molecule has 0 aliphatic carbocycles. The van der Waals surface area contributed by atoms with E-state index in [9.17, 15) is 4.79 Å². The van der Waals surface area contributed by atoms with E-state index in [-0.39, 0.29) is 11.5 Å². The third-order valence-corrected chi connectivity index (χ3v) is 4.52. The number of carboxylic acids is 1. The van der Waals surface area contributed by atoms with Crippen molar-refractivity contribution in [1.82, 2.24) is 4.98 Å². The van der Waals surface area contributed by atoms with Crippen LogP contribution in [-0.2, 0) is 17.9 Å². The zero-order valence-corrected chi connectivity index (χ0v) is 12.3. The number of nitrogens with zero attached hydrogens (tertiary/aromatic N) is 2. The number of hydrogen-bond acceptors (Lipinski definition) is 6. The van der Waals surface area contributed by atoms with Crippen molar-refractivity contribution < 1.29 is 14.6 Å². The van der Waals surface area contributed by atoms with Crippen molar-refractivity contribution >= 4 is 33.8 Å². The molecule has 2 rings (SSSR count). The van der Waals surface area contributed by atoms with Crippen LogP contribution in [0.5, 0.6) is 0 Å². The van der Waals surface area contributed by atoms with Crippen LogP contribution in [-0.4, -0.2) is 30.2 Å². The Morgan fingerprint density at radius 2 is 2.37 bits per heavy atom. The van der Waals surface area contributed by atoms with Gasteiger partial charge >= 0.3 is 5.97 Å². The Morgan fingerprint density at radius 1 is 1.58 bits per heavy atom. The van der Waals surface area contributed by atoms with Gasteiger partial charge in [-0.25, -0.2) is 9.78 Å². The molecule has 0 atom stereocenters. The first-order chi connectivity index (χ1) is 9.11. The second-order valence-electron chi connectivity index (χ2n) is 3.95. The van der Waals surface area contributed by atoms with Crippen LogP contribution >= 0.6 is 22.7 Å². The largest absolute Gasteiger partial charge is 0.477 e. The molecule has 0 saturated carbocycles. The van der Waals surface area contributed by atoms with Gasteiger partial charge in [0, 0.05) is 19.0 Å². The van der Waals surface area contributed by atoms with Crippen molar-refractivity contribution in [2.75, 3.05) is 19.1 Å². The first-order valence-corrected chi connectivity index (χ1v) is 7.27. The van der Waals surface area contributed by atoms with Crippen molar-refractivity contribution in [3.8, 4) is 0 Å². The molecule has 0 aliphatic heterocycles. The van der Waals surface area contributed by atoms with Gasteiger partial charge in [-0.15, -0.1) is 11.3 Å². The van der Waals surface area contributed by atoms with Gasteiger partial charge in [0.15, 0.2) is 5.13 Å². The Hall–Kier alpha value is -1.44. The molecule has 0 bridgehead atoms. The summed E-state index contributed by atoms with van der Waals surface area (Å²) in [5.74, 6) is -0.958. The highest BCUT2D eigenvalue weighted by Gasteiger charge is 2.19. The molecule has 1 N–H and O–H groups in total. The van der Waals surface area contributed by atoms with Crippen LogP contribution in [0.4, 0.5) is 5.13 Å². The highest BCUT2D eigenvalue weighted by atomic mass is 32.1. The summed E-state index contributed by atoms with van der Waals surface area (Å²) in [4.78, 5) is 18.9. The molecule has 0 saturated heterocycles. The number of ether oxygens (including phenoxy) is 1. The lowest BCUT2D eigenvalue weighted by Gasteiger charge is -2.13. The lowest BCUT2D eigenvalue weighted by atomic mass is 10.4. The average Bonchev–Trinajstić information content (AvgIpc) is 2.98. The van der Waals surface area contributed by atoms with Crippen molar-refractivity contribution in [1.29, 1.82) is 0 Å². The van der Waals surface area contributed by atoms with Gasteiger partial charge in [0.2, 0.25) is 0 Å². The van der Waals surface area contributed by atoms with Crippen LogP contribution < -0.4 is 4.90 Å². The maximum absolute atomic E-state index is 11.1. The zero-order chi connectivity index (χ0) is 13.8. The first kappa shape index (κ1) is 14.0. The number of hydrogen-bond donors (Lipinski definition) is 1. The van der Waals surface area contributed by atoms with Gasteiger partial charge in [-0.2, -0.15) is 0 Å². The topological polar surface area (TPSA) is 62.7 Å². The molecule has 0 amide bonds. The van der Waals surface area contributed by atoms with Crippen LogP contribution in [0.1, 0.15) is 20.2 Å². The summed E-state index contributed by atoms with van der Waals surface area (Å²) in [5.41, 5.74) is 0.480. The van der Waals surface area contributed by atoms with Crippen LogP contribution in [0.2, 0.25) is 0 Å². The Labute approximate surface area is 119 Å². The van der Waals surface area contributed by atoms with Gasteiger partial charge in [0.1, 0.15) is 4.88 Å². The molecule has 7 heteroatoms. The van der Waals surface area contributed by atoms with Gasteiger partial charge < -0.3 is 14.7 Å². The molecule has 0 aromatic carbocycles. The van der Waals surface area contributed by atoms with E-state index in [1.165, 1.54) is 23.3 Å². The molecule has 2 aromatic rings. The number of carboxylic acid groups (broad SMARTS) is 1. The standard InChI is InChI=1S/C12H14N2O3S2/c1-14(6-8-4-3-5-18-8)12-13-9(7-17-2)10(19-12)11(15)16/h3-5H,6-7H2,1-2H3,(H,15,16). The van der Waals surface area contributed by atoms with E-state index < -0.39 is 5.97 Å². The van der Waals surface area contributed by atoms with Gasteiger partial charge in [0.25, 0.3) is 0 Å². The highest BCUT2D eigenvalue weighted by molar-refractivity contribution is 7.17. The maximum Gasteiger partial charge on any atom is 0.347 e. The smallest absolute Gasteiger partial charge is 0.347 e. The summed E-state index contributed by atoms with van der Waals surface area (Å²) in [6.45, 7) is 0.932. The Balaban J connectivity index is 2.19. The van der Waals surface area contributed by atoms with Crippen LogP contribution in [0.3, 0.4) is 0 Å². The van der Waals surface area contributed by atoms with E-state index in [0.29, 0.717) is 10.8 Å². The van der Waals surface area contributed by atoms with Gasteiger partial charge in [-0.1, -0.05) is 17.4 Å². The van der Waals surface area contributed by atoms with Crippen LogP contribution in [0.25, 0.3) is 0 Å². The number of aromatic nitrogens is 1. The predicted molar refractivity (Wildman–Crippen MR) is 76.2 cm³/mol. The molecular weight excluding hydrogens is 284 g/mol. The molecule has 0 spiro atoms. The van der Waals surface area contributed by atoms with Crippen molar-refractivity contribution in [3.63, 3.8) is 0 Å². The fourth-order valence-electron chi connectivity index (χ4n) is 1.61. The van der Waals surface area contributed by atoms with E-state index in [0.717, 1.165) is 6.54 Å². The lowest BCUT2D eigenvalue weighted by Crippen LogP contribution is -2.15. The second-order valence-corrected chi connectivity index (χ2v) is 5.96. The fourth-order valence-corrected chi connectivity index (χ4v) is 3.23. The van der Waals surface area contributed by atoms with Gasteiger partial charge in [-0.3, -0.25) is 0 Å². The number of anilines is 1. The minimum absolute atomic E-state index is 0.213. The van der Waals surface area contributed by atoms with E-state index in [1.54, 1.807) is 11.3 Å². The SMILES string of the molecule is COCc1nc(N(C)Cc2cccs2)sc1C(=O)O. The average molecular weight is 298 g/mol. The highest BCUT2D eigenvalue weighted by Crippen LogP contribution is 2.27. The third kappa shape index (κ3) is 3.31. The van der Waals surface area contributed by atoms with Crippen molar-refractivity contribution in [2.45, 2.75) is 13.2 Å². The Morgan fingerprint density at radius 3 is 2.95 bits per heavy atom. The molecule has 0 fully saturated rings. The molecular formula is C12H14N2O3S2. The van der Waals surface area contributed by atoms with Gasteiger partial charge in [0.05, 0.1) is 18.8 Å². The molecule has 0 radical (unpaired) electrons. The molecule has 102 valence electrons. The number of rotatable bonds is 6. The summed E-state index contributed by atoms with van der Waals surface area (Å²) in [5, 5.41) is 11.9. The Kier molecular flexibility index (Phi) is 4.52. The third-order valence-electron chi connectivity index (χ3n) is 2.46. The second kappa shape index (κ2) is 6.14. The predicted octanol–water partition coefficient (Wildman–Crippen LogP) is 2.69. The summed E-state index contributed by atoms with van der Waals surface area (Å²) in [6.07, 6.45) is 0. The molecule has 19 heavy (non-hydrogen) atoms. The number of carbonyl (C=O) groups is 1. The van der Waals surface area contributed by atoms with E-state index in [4.69, 9.17) is 9.84 Å². The maximum atomic E-state index is 11.1. The number of thiazole rings is 1. The molecule has 2 heterocycles. The van der Waals surface area contributed by atoms with Crippen LogP contribution in [0.15, 0.2) is 17.5 Å². The summed E-state index contributed by atoms with van der Waals surface area (Å²) in [7, 11) is 3.43. The van der Waals surface area contributed by atoms with Gasteiger partial charge in [-0.05, 0) is 11.4 Å². The summed E-state index contributed by atoms with van der Waals surface area (Å²) >= 11 is 2.85.